The fourth-order valence-corrected chi connectivity index (χ4v) is 3.20. The molecule has 0 aromatic heterocycles. The Hall–Kier alpha value is -3.55. The molecule has 0 heterocycles. The Bertz CT molecular complexity index is 1170. The van der Waals surface area contributed by atoms with E-state index < -0.39 is 0 Å². The second-order valence-electron chi connectivity index (χ2n) is 7.06. The van der Waals surface area contributed by atoms with Crippen LogP contribution in [0.15, 0.2) is 71.8 Å². The highest BCUT2D eigenvalue weighted by atomic mass is 35.5. The van der Waals surface area contributed by atoms with Crippen molar-refractivity contribution in [3.8, 4) is 11.5 Å². The molecular weight excluding hydrogens is 477 g/mol. The second-order valence-corrected chi connectivity index (χ2v) is 7.87. The molecule has 34 heavy (non-hydrogen) atoms. The number of carbonyl (C=O) groups is 2. The van der Waals surface area contributed by atoms with E-state index in [1.165, 1.54) is 6.21 Å². The minimum atomic E-state index is -0.368. The first-order chi connectivity index (χ1) is 16.4. The molecule has 3 aromatic carbocycles. The molecule has 0 radical (unpaired) electrons. The number of halogens is 2. The zero-order valence-electron chi connectivity index (χ0n) is 18.4. The largest absolute Gasteiger partial charge is 0.490 e. The van der Waals surface area contributed by atoms with Crippen LogP contribution in [0.5, 0.6) is 11.5 Å². The van der Waals surface area contributed by atoms with Gasteiger partial charge < -0.3 is 14.8 Å². The molecule has 0 bridgehead atoms. The van der Waals surface area contributed by atoms with Crippen LogP contribution in [-0.2, 0) is 16.0 Å². The Morgan fingerprint density at radius 3 is 2.44 bits per heavy atom. The summed E-state index contributed by atoms with van der Waals surface area (Å²) in [6.07, 6.45) is 1.74. The van der Waals surface area contributed by atoms with Gasteiger partial charge in [-0.05, 0) is 54.4 Å². The summed E-state index contributed by atoms with van der Waals surface area (Å²) in [6.45, 7) is 2.01. The number of carbonyl (C=O) groups excluding carboxylic acids is 2. The van der Waals surface area contributed by atoms with Crippen molar-refractivity contribution in [1.29, 1.82) is 0 Å². The Morgan fingerprint density at radius 2 is 1.71 bits per heavy atom. The summed E-state index contributed by atoms with van der Waals surface area (Å²) in [5.41, 5.74) is 4.60. The monoisotopic (exact) mass is 499 g/mol. The first kappa shape index (κ1) is 25.1. The van der Waals surface area contributed by atoms with Crippen LogP contribution in [0.25, 0.3) is 0 Å². The molecular formula is C25H23Cl2N3O4. The number of nitrogens with one attached hydrogen (secondary N) is 2. The van der Waals surface area contributed by atoms with Crippen molar-refractivity contribution in [2.24, 2.45) is 5.10 Å². The van der Waals surface area contributed by atoms with Gasteiger partial charge in [0.25, 0.3) is 5.91 Å². The molecule has 0 aliphatic heterocycles. The lowest BCUT2D eigenvalue weighted by Crippen LogP contribution is -2.20. The van der Waals surface area contributed by atoms with Gasteiger partial charge in [0.1, 0.15) is 0 Å². The predicted molar refractivity (Wildman–Crippen MR) is 134 cm³/mol. The van der Waals surface area contributed by atoms with Crippen molar-refractivity contribution < 1.29 is 19.1 Å². The molecule has 0 spiro atoms. The van der Waals surface area contributed by atoms with Crippen molar-refractivity contribution in [2.75, 3.05) is 18.5 Å². The first-order valence-electron chi connectivity index (χ1n) is 10.4. The average molecular weight is 500 g/mol. The van der Waals surface area contributed by atoms with Crippen LogP contribution < -0.4 is 20.2 Å². The lowest BCUT2D eigenvalue weighted by atomic mass is 10.1. The number of hydrazone groups is 1. The first-order valence-corrected chi connectivity index (χ1v) is 11.2. The highest BCUT2D eigenvalue weighted by Crippen LogP contribution is 2.28. The van der Waals surface area contributed by atoms with Crippen LogP contribution in [0.2, 0.25) is 10.0 Å². The quantitative estimate of drug-likeness (QED) is 0.300. The third-order valence-corrected chi connectivity index (χ3v) is 5.18. The molecule has 3 rings (SSSR count). The molecule has 2 N–H and O–H groups in total. The molecule has 0 fully saturated rings. The van der Waals surface area contributed by atoms with Gasteiger partial charge in [-0.3, -0.25) is 9.59 Å². The van der Waals surface area contributed by atoms with Crippen LogP contribution in [0, 0.1) is 0 Å². The fraction of sp³-hybridized carbons (Fsp3) is 0.160. The highest BCUT2D eigenvalue weighted by molar-refractivity contribution is 6.42. The van der Waals surface area contributed by atoms with E-state index in [1.807, 2.05) is 37.3 Å². The number of benzene rings is 3. The summed E-state index contributed by atoms with van der Waals surface area (Å²) in [5, 5.41) is 7.43. The third kappa shape index (κ3) is 7.79. The standard InChI is InChI=1S/C25H23Cl2N3O4/c1-2-33-23-12-18(15-28-30-24(31)13-17-6-4-3-5-7-17)8-11-22(23)34-16-25(32)29-19-9-10-20(26)21(27)14-19/h3-12,14-15H,2,13,16H2,1H3,(H,29,32)(H,30,31)/b28-15+. The number of hydrogen-bond donors (Lipinski definition) is 2. The minimum absolute atomic E-state index is 0.222. The maximum absolute atomic E-state index is 12.2. The van der Waals surface area contributed by atoms with Gasteiger partial charge >= 0.3 is 0 Å². The van der Waals surface area contributed by atoms with Gasteiger partial charge in [-0.2, -0.15) is 5.10 Å². The fourth-order valence-electron chi connectivity index (χ4n) is 2.91. The molecule has 3 aromatic rings. The maximum Gasteiger partial charge on any atom is 0.262 e. The van der Waals surface area contributed by atoms with E-state index in [2.05, 4.69) is 15.8 Å². The maximum atomic E-state index is 12.2. The molecule has 9 heteroatoms. The van der Waals surface area contributed by atoms with Gasteiger partial charge in [0.15, 0.2) is 18.1 Å². The number of nitrogens with zero attached hydrogens (tertiary/aromatic N) is 1. The molecule has 0 aliphatic carbocycles. The second kappa shape index (κ2) is 12.6. The minimum Gasteiger partial charge on any atom is -0.490 e. The number of anilines is 1. The van der Waals surface area contributed by atoms with Crippen molar-refractivity contribution in [3.63, 3.8) is 0 Å². The van der Waals surface area contributed by atoms with E-state index >= 15 is 0 Å². The van der Waals surface area contributed by atoms with Crippen LogP contribution in [-0.4, -0.2) is 31.2 Å². The van der Waals surface area contributed by atoms with Gasteiger partial charge in [0, 0.05) is 5.69 Å². The normalized spacial score (nSPS) is 10.7. The lowest BCUT2D eigenvalue weighted by Gasteiger charge is -2.13. The zero-order chi connectivity index (χ0) is 24.3. The predicted octanol–water partition coefficient (Wildman–Crippen LogP) is 5.10. The van der Waals surface area contributed by atoms with Crippen molar-refractivity contribution in [2.45, 2.75) is 13.3 Å². The Balaban J connectivity index is 1.56. The van der Waals surface area contributed by atoms with E-state index in [-0.39, 0.29) is 24.8 Å². The molecule has 0 saturated carbocycles. The molecule has 0 atom stereocenters. The van der Waals surface area contributed by atoms with Gasteiger partial charge in [-0.25, -0.2) is 5.43 Å². The highest BCUT2D eigenvalue weighted by Gasteiger charge is 2.10. The Morgan fingerprint density at radius 1 is 0.912 bits per heavy atom. The van der Waals surface area contributed by atoms with Gasteiger partial charge in [-0.1, -0.05) is 53.5 Å². The van der Waals surface area contributed by atoms with Crippen molar-refractivity contribution >= 4 is 46.9 Å². The van der Waals surface area contributed by atoms with Crippen LogP contribution in [0.1, 0.15) is 18.1 Å². The number of rotatable bonds is 10. The van der Waals surface area contributed by atoms with Crippen LogP contribution in [0.4, 0.5) is 5.69 Å². The topological polar surface area (TPSA) is 89.0 Å². The van der Waals surface area contributed by atoms with Gasteiger partial charge in [0.05, 0.1) is 29.3 Å². The zero-order valence-corrected chi connectivity index (χ0v) is 19.9. The van der Waals surface area contributed by atoms with Crippen molar-refractivity contribution in [1.82, 2.24) is 5.43 Å². The molecule has 2 amide bonds. The van der Waals surface area contributed by atoms with E-state index in [1.54, 1.807) is 36.4 Å². The number of ether oxygens (including phenoxy) is 2. The molecule has 0 saturated heterocycles. The number of hydrogen-bond acceptors (Lipinski definition) is 5. The molecule has 0 unspecified atom stereocenters. The molecule has 176 valence electrons. The van der Waals surface area contributed by atoms with E-state index in [9.17, 15) is 9.59 Å². The summed E-state index contributed by atoms with van der Waals surface area (Å²) in [4.78, 5) is 24.3. The average Bonchev–Trinajstić information content (AvgIpc) is 2.82. The lowest BCUT2D eigenvalue weighted by molar-refractivity contribution is -0.120. The SMILES string of the molecule is CCOc1cc(/C=N/NC(=O)Cc2ccccc2)ccc1OCC(=O)Nc1ccc(Cl)c(Cl)c1. The van der Waals surface area contributed by atoms with Crippen LogP contribution in [0.3, 0.4) is 0 Å². The summed E-state index contributed by atoms with van der Waals surface area (Å²) in [6, 6.07) is 19.3. The smallest absolute Gasteiger partial charge is 0.262 e. The Labute approximate surface area is 207 Å². The third-order valence-electron chi connectivity index (χ3n) is 4.44. The van der Waals surface area contributed by atoms with E-state index in [0.717, 1.165) is 5.56 Å². The summed E-state index contributed by atoms with van der Waals surface area (Å²) in [5.74, 6) is 0.258. The van der Waals surface area contributed by atoms with E-state index in [4.69, 9.17) is 32.7 Å². The molecule has 7 nitrogen and oxygen atoms in total. The van der Waals surface area contributed by atoms with Crippen molar-refractivity contribution in [3.05, 3.63) is 87.9 Å². The summed E-state index contributed by atoms with van der Waals surface area (Å²) >= 11 is 11.9. The summed E-state index contributed by atoms with van der Waals surface area (Å²) < 4.78 is 11.3. The summed E-state index contributed by atoms with van der Waals surface area (Å²) in [7, 11) is 0. The number of amides is 2. The van der Waals surface area contributed by atoms with Crippen LogP contribution >= 0.6 is 23.2 Å². The molecule has 0 aliphatic rings. The van der Waals surface area contributed by atoms with Gasteiger partial charge in [0.2, 0.25) is 5.91 Å². The Kier molecular flexibility index (Phi) is 9.31. The van der Waals surface area contributed by atoms with E-state index in [0.29, 0.717) is 39.4 Å². The van der Waals surface area contributed by atoms with Gasteiger partial charge in [-0.15, -0.1) is 0 Å².